The molecule has 0 aliphatic rings. The molecule has 0 bridgehead atoms. The molecule has 3 aromatic rings. The highest BCUT2D eigenvalue weighted by Crippen LogP contribution is 2.17. The van der Waals surface area contributed by atoms with Crippen molar-refractivity contribution in [1.29, 1.82) is 0 Å². The first-order valence-electron chi connectivity index (χ1n) is 5.95. The summed E-state index contributed by atoms with van der Waals surface area (Å²) >= 11 is 3.30. The molecule has 2 N–H and O–H groups in total. The normalized spacial score (nSPS) is 11.1. The number of aromatic nitrogens is 5. The number of pyridine rings is 1. The van der Waals surface area contributed by atoms with Gasteiger partial charge in [0.05, 0.1) is 0 Å². The minimum atomic E-state index is -0.481. The van der Waals surface area contributed by atoms with Gasteiger partial charge in [-0.2, -0.15) is 0 Å². The third kappa shape index (κ3) is 1.97. The third-order valence-electron chi connectivity index (χ3n) is 2.92. The molecule has 20 heavy (non-hydrogen) atoms. The van der Waals surface area contributed by atoms with E-state index in [1.807, 2.05) is 13.0 Å². The number of imidazole rings is 1. The van der Waals surface area contributed by atoms with Crippen molar-refractivity contribution in [1.82, 2.24) is 24.5 Å². The van der Waals surface area contributed by atoms with Gasteiger partial charge in [-0.3, -0.25) is 19.3 Å². The number of H-pyrrole nitrogens is 2. The quantitative estimate of drug-likeness (QED) is 0.736. The van der Waals surface area contributed by atoms with Crippen molar-refractivity contribution in [2.45, 2.75) is 13.5 Å². The van der Waals surface area contributed by atoms with E-state index in [1.54, 1.807) is 12.3 Å². The van der Waals surface area contributed by atoms with E-state index in [9.17, 15) is 9.59 Å². The standard InChI is InChI=1S/C12H10BrN5O2/c1-2-18-10-8(11(19)17-12(18)20)15-9(16-10)7-4-3-6(13)5-14-7/h3-5H,2H2,1H3,(H,15,16)(H,17,19,20). The van der Waals surface area contributed by atoms with Gasteiger partial charge in [0.1, 0.15) is 11.2 Å². The van der Waals surface area contributed by atoms with Crippen LogP contribution in [0, 0.1) is 0 Å². The van der Waals surface area contributed by atoms with Crippen LogP contribution in [0.5, 0.6) is 0 Å². The molecule has 0 saturated carbocycles. The Labute approximate surface area is 120 Å². The summed E-state index contributed by atoms with van der Waals surface area (Å²) in [6.45, 7) is 2.23. The highest BCUT2D eigenvalue weighted by atomic mass is 79.9. The smallest absolute Gasteiger partial charge is 0.330 e. The summed E-state index contributed by atoms with van der Waals surface area (Å²) in [5.41, 5.74) is 0.253. The summed E-state index contributed by atoms with van der Waals surface area (Å²) < 4.78 is 2.25. The Morgan fingerprint density at radius 3 is 2.75 bits per heavy atom. The number of hydrogen-bond acceptors (Lipinski definition) is 4. The maximum atomic E-state index is 11.8. The Morgan fingerprint density at radius 1 is 1.30 bits per heavy atom. The van der Waals surface area contributed by atoms with E-state index in [4.69, 9.17) is 0 Å². The van der Waals surface area contributed by atoms with Crippen LogP contribution in [0.15, 0.2) is 32.4 Å². The van der Waals surface area contributed by atoms with Crippen LogP contribution >= 0.6 is 15.9 Å². The van der Waals surface area contributed by atoms with Crippen molar-refractivity contribution in [2.24, 2.45) is 0 Å². The Hall–Kier alpha value is -2.22. The van der Waals surface area contributed by atoms with Crippen molar-refractivity contribution in [3.8, 4) is 11.5 Å². The summed E-state index contributed by atoms with van der Waals surface area (Å²) in [5, 5.41) is 0. The van der Waals surface area contributed by atoms with Gasteiger partial charge < -0.3 is 4.98 Å². The number of fused-ring (bicyclic) bond motifs is 1. The number of hydrogen-bond donors (Lipinski definition) is 2. The second kappa shape index (κ2) is 4.71. The van der Waals surface area contributed by atoms with Crippen LogP contribution in [-0.4, -0.2) is 24.5 Å². The summed E-state index contributed by atoms with van der Waals surface area (Å²) in [5.74, 6) is 0.450. The second-order valence-electron chi connectivity index (χ2n) is 4.15. The van der Waals surface area contributed by atoms with Gasteiger partial charge in [-0.05, 0) is 35.0 Å². The number of aromatic amines is 2. The summed E-state index contributed by atoms with van der Waals surface area (Å²) in [4.78, 5) is 37.2. The molecule has 3 heterocycles. The zero-order valence-electron chi connectivity index (χ0n) is 10.5. The Bertz CT molecular complexity index is 891. The average Bonchev–Trinajstić information content (AvgIpc) is 2.85. The SMILES string of the molecule is CCn1c(=O)[nH]c(=O)c2[nH]c(-c3ccc(Br)cn3)nc21. The largest absolute Gasteiger partial charge is 0.331 e. The van der Waals surface area contributed by atoms with E-state index < -0.39 is 11.2 Å². The van der Waals surface area contributed by atoms with Crippen LogP contribution < -0.4 is 11.2 Å². The Morgan fingerprint density at radius 2 is 2.10 bits per heavy atom. The van der Waals surface area contributed by atoms with Crippen molar-refractivity contribution < 1.29 is 0 Å². The zero-order valence-corrected chi connectivity index (χ0v) is 12.1. The van der Waals surface area contributed by atoms with E-state index in [-0.39, 0.29) is 5.52 Å². The minimum Gasteiger partial charge on any atom is -0.331 e. The molecule has 0 unspecified atom stereocenters. The number of nitrogens with one attached hydrogen (secondary N) is 2. The van der Waals surface area contributed by atoms with Crippen molar-refractivity contribution in [2.75, 3.05) is 0 Å². The van der Waals surface area contributed by atoms with Gasteiger partial charge in [0, 0.05) is 17.2 Å². The Kier molecular flexibility index (Phi) is 3.01. The van der Waals surface area contributed by atoms with E-state index in [2.05, 4.69) is 35.9 Å². The average molecular weight is 336 g/mol. The summed E-state index contributed by atoms with van der Waals surface area (Å²) in [6.07, 6.45) is 1.64. The first-order chi connectivity index (χ1) is 9.60. The molecule has 3 aromatic heterocycles. The molecular formula is C12H10BrN5O2. The van der Waals surface area contributed by atoms with Crippen LogP contribution in [0.2, 0.25) is 0 Å². The highest BCUT2D eigenvalue weighted by Gasteiger charge is 2.13. The van der Waals surface area contributed by atoms with Crippen molar-refractivity contribution in [3.05, 3.63) is 43.6 Å². The zero-order chi connectivity index (χ0) is 14.3. The van der Waals surface area contributed by atoms with Crippen molar-refractivity contribution in [3.63, 3.8) is 0 Å². The fraction of sp³-hybridized carbons (Fsp3) is 0.167. The maximum Gasteiger partial charge on any atom is 0.330 e. The van der Waals surface area contributed by atoms with Crippen molar-refractivity contribution >= 4 is 27.1 Å². The van der Waals surface area contributed by atoms with Crippen LogP contribution in [0.3, 0.4) is 0 Å². The van der Waals surface area contributed by atoms with E-state index in [0.717, 1.165) is 4.47 Å². The Balaban J connectivity index is 2.30. The van der Waals surface area contributed by atoms with E-state index in [0.29, 0.717) is 23.7 Å². The fourth-order valence-corrected chi connectivity index (χ4v) is 2.21. The van der Waals surface area contributed by atoms with Gasteiger partial charge in [0.15, 0.2) is 11.5 Å². The molecule has 0 spiro atoms. The van der Waals surface area contributed by atoms with Crippen LogP contribution in [0.1, 0.15) is 6.92 Å². The first kappa shape index (κ1) is 12.8. The number of aryl methyl sites for hydroxylation is 1. The molecule has 7 nitrogen and oxygen atoms in total. The molecule has 0 amide bonds. The molecule has 3 rings (SSSR count). The van der Waals surface area contributed by atoms with Gasteiger partial charge in [0.2, 0.25) is 0 Å². The predicted octanol–water partition coefficient (Wildman–Crippen LogP) is 1.26. The van der Waals surface area contributed by atoms with E-state index in [1.165, 1.54) is 4.57 Å². The van der Waals surface area contributed by atoms with Gasteiger partial charge in [0.25, 0.3) is 5.56 Å². The fourth-order valence-electron chi connectivity index (χ4n) is 1.97. The molecule has 0 aromatic carbocycles. The molecule has 0 atom stereocenters. The summed E-state index contributed by atoms with van der Waals surface area (Å²) in [6, 6.07) is 3.59. The lowest BCUT2D eigenvalue weighted by molar-refractivity contribution is 0.720. The molecule has 102 valence electrons. The predicted molar refractivity (Wildman–Crippen MR) is 77.6 cm³/mol. The van der Waals surface area contributed by atoms with E-state index >= 15 is 0 Å². The molecule has 0 fully saturated rings. The number of rotatable bonds is 2. The van der Waals surface area contributed by atoms with Crippen LogP contribution in [0.4, 0.5) is 0 Å². The first-order valence-corrected chi connectivity index (χ1v) is 6.74. The molecule has 0 radical (unpaired) electrons. The van der Waals surface area contributed by atoms with Crippen LogP contribution in [-0.2, 0) is 6.54 Å². The molecule has 0 aliphatic carbocycles. The second-order valence-corrected chi connectivity index (χ2v) is 5.06. The minimum absolute atomic E-state index is 0.270. The topological polar surface area (TPSA) is 96.4 Å². The lowest BCUT2D eigenvalue weighted by atomic mass is 10.3. The monoisotopic (exact) mass is 335 g/mol. The maximum absolute atomic E-state index is 11.8. The van der Waals surface area contributed by atoms with Gasteiger partial charge in [-0.1, -0.05) is 0 Å². The molecular weight excluding hydrogens is 326 g/mol. The lowest BCUT2D eigenvalue weighted by Gasteiger charge is -1.99. The molecule has 0 saturated heterocycles. The highest BCUT2D eigenvalue weighted by molar-refractivity contribution is 9.10. The molecule has 8 heteroatoms. The molecule has 0 aliphatic heterocycles. The van der Waals surface area contributed by atoms with Gasteiger partial charge in [-0.25, -0.2) is 9.78 Å². The number of nitrogens with zero attached hydrogens (tertiary/aromatic N) is 3. The third-order valence-corrected chi connectivity index (χ3v) is 3.39. The van der Waals surface area contributed by atoms with Crippen LogP contribution in [0.25, 0.3) is 22.7 Å². The van der Waals surface area contributed by atoms with Gasteiger partial charge >= 0.3 is 5.69 Å². The lowest BCUT2D eigenvalue weighted by Crippen LogP contribution is -2.29. The summed E-state index contributed by atoms with van der Waals surface area (Å²) in [7, 11) is 0. The number of halogens is 1. The van der Waals surface area contributed by atoms with Gasteiger partial charge in [-0.15, -0.1) is 0 Å².